The molecular weight excluding hydrogens is 331 g/mol. The first kappa shape index (κ1) is 16.7. The fraction of sp³-hybridized carbons (Fsp3) is 0.350. The molecule has 3 heterocycles. The molecule has 0 bridgehead atoms. The molecule has 6 heteroatoms. The standard InChI is InChI=1S/C20H21FN4O/c1-11-14-7-13(21)5-6-15(14)23-17(11)18(26)25-9-12-8-22-19(20(2,3)4)24-16(12)10-25/h5-8,23H,9-10H2,1-4H3. The fourth-order valence-corrected chi connectivity index (χ4v) is 3.33. The number of fused-ring (bicyclic) bond motifs is 2. The van der Waals surface area contributed by atoms with E-state index in [0.29, 0.717) is 18.8 Å². The summed E-state index contributed by atoms with van der Waals surface area (Å²) in [5, 5.41) is 0.736. The van der Waals surface area contributed by atoms with Crippen molar-refractivity contribution in [3.63, 3.8) is 0 Å². The van der Waals surface area contributed by atoms with Gasteiger partial charge >= 0.3 is 0 Å². The van der Waals surface area contributed by atoms with Crippen LogP contribution in [0.25, 0.3) is 10.9 Å². The second kappa shape index (κ2) is 5.62. The van der Waals surface area contributed by atoms with Crippen LogP contribution in [-0.4, -0.2) is 25.8 Å². The van der Waals surface area contributed by atoms with Crippen molar-refractivity contribution in [3.8, 4) is 0 Å². The SMILES string of the molecule is Cc1c(C(=O)N2Cc3cnc(C(C)(C)C)nc3C2)[nH]c2ccc(F)cc12. The highest BCUT2D eigenvalue weighted by Gasteiger charge is 2.29. The topological polar surface area (TPSA) is 61.9 Å². The van der Waals surface area contributed by atoms with Gasteiger partial charge < -0.3 is 9.88 Å². The number of amides is 1. The molecule has 0 spiro atoms. The number of carbonyl (C=O) groups excluding carboxylic acids is 1. The summed E-state index contributed by atoms with van der Waals surface area (Å²) in [6.45, 7) is 9.00. The quantitative estimate of drug-likeness (QED) is 0.723. The van der Waals surface area contributed by atoms with E-state index in [1.54, 1.807) is 11.0 Å². The molecule has 26 heavy (non-hydrogen) atoms. The van der Waals surface area contributed by atoms with Crippen LogP contribution in [0.3, 0.4) is 0 Å². The average Bonchev–Trinajstić information content (AvgIpc) is 3.14. The number of carbonyl (C=O) groups is 1. The smallest absolute Gasteiger partial charge is 0.271 e. The summed E-state index contributed by atoms with van der Waals surface area (Å²) in [6, 6.07) is 4.51. The van der Waals surface area contributed by atoms with Crippen LogP contribution in [0, 0.1) is 12.7 Å². The van der Waals surface area contributed by atoms with E-state index in [0.717, 1.165) is 33.5 Å². The number of H-pyrrole nitrogens is 1. The van der Waals surface area contributed by atoms with Crippen LogP contribution < -0.4 is 0 Å². The molecule has 0 aliphatic carbocycles. The first-order valence-electron chi connectivity index (χ1n) is 8.66. The van der Waals surface area contributed by atoms with E-state index in [2.05, 4.69) is 35.7 Å². The van der Waals surface area contributed by atoms with E-state index in [4.69, 9.17) is 0 Å². The minimum atomic E-state index is -0.308. The summed E-state index contributed by atoms with van der Waals surface area (Å²) in [6.07, 6.45) is 1.82. The maximum Gasteiger partial charge on any atom is 0.271 e. The molecule has 1 aliphatic heterocycles. The van der Waals surface area contributed by atoms with Gasteiger partial charge in [-0.2, -0.15) is 0 Å². The summed E-state index contributed by atoms with van der Waals surface area (Å²) in [5.74, 6) is 0.370. The maximum absolute atomic E-state index is 13.5. The Kier molecular flexibility index (Phi) is 3.61. The molecule has 1 aliphatic rings. The molecule has 5 nitrogen and oxygen atoms in total. The fourth-order valence-electron chi connectivity index (χ4n) is 3.33. The number of halogens is 1. The summed E-state index contributed by atoms with van der Waals surface area (Å²) in [5.41, 5.74) is 3.77. The second-order valence-electron chi connectivity index (χ2n) is 7.89. The Balaban J connectivity index is 1.65. The molecule has 0 fully saturated rings. The highest BCUT2D eigenvalue weighted by Crippen LogP contribution is 2.28. The predicted molar refractivity (Wildman–Crippen MR) is 97.3 cm³/mol. The van der Waals surface area contributed by atoms with Crippen molar-refractivity contribution < 1.29 is 9.18 Å². The number of benzene rings is 1. The number of aromatic amines is 1. The average molecular weight is 352 g/mol. The molecule has 0 radical (unpaired) electrons. The van der Waals surface area contributed by atoms with Gasteiger partial charge in [-0.15, -0.1) is 0 Å². The third-order valence-electron chi connectivity index (χ3n) is 4.85. The third-order valence-corrected chi connectivity index (χ3v) is 4.85. The van der Waals surface area contributed by atoms with Crippen LogP contribution in [0.15, 0.2) is 24.4 Å². The Morgan fingerprint density at radius 1 is 1.27 bits per heavy atom. The largest absolute Gasteiger partial charge is 0.350 e. The van der Waals surface area contributed by atoms with Crippen LogP contribution in [0.4, 0.5) is 4.39 Å². The minimum absolute atomic E-state index is 0.102. The lowest BCUT2D eigenvalue weighted by molar-refractivity contribution is 0.0744. The number of rotatable bonds is 1. The van der Waals surface area contributed by atoms with Crippen molar-refractivity contribution in [1.29, 1.82) is 0 Å². The third kappa shape index (κ3) is 2.66. The van der Waals surface area contributed by atoms with Crippen LogP contribution >= 0.6 is 0 Å². The zero-order valence-electron chi connectivity index (χ0n) is 15.4. The van der Waals surface area contributed by atoms with Gasteiger partial charge in [-0.1, -0.05) is 20.8 Å². The Bertz CT molecular complexity index is 1030. The Morgan fingerprint density at radius 3 is 2.77 bits per heavy atom. The van der Waals surface area contributed by atoms with Crippen molar-refractivity contribution in [2.45, 2.75) is 46.2 Å². The van der Waals surface area contributed by atoms with Crippen molar-refractivity contribution >= 4 is 16.8 Å². The lowest BCUT2D eigenvalue weighted by atomic mass is 9.95. The van der Waals surface area contributed by atoms with E-state index in [1.807, 2.05) is 13.1 Å². The van der Waals surface area contributed by atoms with E-state index < -0.39 is 0 Å². The number of nitrogens with one attached hydrogen (secondary N) is 1. The molecule has 0 saturated carbocycles. The summed E-state index contributed by atoms with van der Waals surface area (Å²) in [7, 11) is 0. The molecule has 1 aromatic carbocycles. The Labute approximate surface area is 151 Å². The summed E-state index contributed by atoms with van der Waals surface area (Å²) < 4.78 is 13.5. The number of aryl methyl sites for hydroxylation is 1. The molecule has 1 amide bonds. The van der Waals surface area contributed by atoms with E-state index in [1.165, 1.54) is 12.1 Å². The lowest BCUT2D eigenvalue weighted by Crippen LogP contribution is -2.26. The van der Waals surface area contributed by atoms with Gasteiger partial charge in [-0.3, -0.25) is 4.79 Å². The highest BCUT2D eigenvalue weighted by atomic mass is 19.1. The normalized spacial score (nSPS) is 14.1. The molecular formula is C20H21FN4O. The second-order valence-corrected chi connectivity index (χ2v) is 7.89. The predicted octanol–water partition coefficient (Wildman–Crippen LogP) is 3.86. The van der Waals surface area contributed by atoms with E-state index in [9.17, 15) is 9.18 Å². The van der Waals surface area contributed by atoms with Crippen LogP contribution in [0.1, 0.15) is 53.9 Å². The molecule has 4 rings (SSSR count). The molecule has 2 aromatic heterocycles. The van der Waals surface area contributed by atoms with Crippen molar-refractivity contribution in [2.75, 3.05) is 0 Å². The zero-order chi connectivity index (χ0) is 18.6. The number of hydrogen-bond acceptors (Lipinski definition) is 3. The van der Waals surface area contributed by atoms with Crippen LogP contribution in [0.5, 0.6) is 0 Å². The van der Waals surface area contributed by atoms with Gasteiger partial charge in [-0.05, 0) is 30.7 Å². The lowest BCUT2D eigenvalue weighted by Gasteiger charge is -2.16. The number of aromatic nitrogens is 3. The molecule has 0 saturated heterocycles. The first-order chi connectivity index (χ1) is 12.2. The van der Waals surface area contributed by atoms with Crippen LogP contribution in [-0.2, 0) is 18.5 Å². The molecule has 134 valence electrons. The van der Waals surface area contributed by atoms with Crippen molar-refractivity contribution in [2.24, 2.45) is 0 Å². The Hall–Kier alpha value is -2.76. The monoisotopic (exact) mass is 352 g/mol. The van der Waals surface area contributed by atoms with Gasteiger partial charge in [-0.25, -0.2) is 14.4 Å². The van der Waals surface area contributed by atoms with Gasteiger partial charge in [0.25, 0.3) is 5.91 Å². The molecule has 0 atom stereocenters. The van der Waals surface area contributed by atoms with Gasteiger partial charge in [0.15, 0.2) is 0 Å². The number of nitrogens with zero attached hydrogens (tertiary/aromatic N) is 3. The van der Waals surface area contributed by atoms with Crippen molar-refractivity contribution in [3.05, 3.63) is 58.6 Å². The zero-order valence-corrected chi connectivity index (χ0v) is 15.4. The molecule has 3 aromatic rings. The van der Waals surface area contributed by atoms with Crippen molar-refractivity contribution in [1.82, 2.24) is 19.9 Å². The van der Waals surface area contributed by atoms with Gasteiger partial charge in [0.05, 0.1) is 12.2 Å². The highest BCUT2D eigenvalue weighted by molar-refractivity contribution is 6.01. The molecule has 1 N–H and O–H groups in total. The molecule has 0 unspecified atom stereocenters. The summed E-state index contributed by atoms with van der Waals surface area (Å²) >= 11 is 0. The maximum atomic E-state index is 13.5. The first-order valence-corrected chi connectivity index (χ1v) is 8.66. The number of hydrogen-bond donors (Lipinski definition) is 1. The van der Waals surface area contributed by atoms with E-state index >= 15 is 0 Å². The van der Waals surface area contributed by atoms with Gasteiger partial charge in [0.1, 0.15) is 17.3 Å². The van der Waals surface area contributed by atoms with Gasteiger partial charge in [0.2, 0.25) is 0 Å². The Morgan fingerprint density at radius 2 is 2.04 bits per heavy atom. The summed E-state index contributed by atoms with van der Waals surface area (Å²) in [4.78, 5) is 27.0. The van der Waals surface area contributed by atoms with Gasteiger partial charge in [0, 0.05) is 34.6 Å². The van der Waals surface area contributed by atoms with Crippen LogP contribution in [0.2, 0.25) is 0 Å². The van der Waals surface area contributed by atoms with E-state index in [-0.39, 0.29) is 17.1 Å². The minimum Gasteiger partial charge on any atom is -0.350 e.